The van der Waals surface area contributed by atoms with Gasteiger partial charge in [0.2, 0.25) is 0 Å². The zero-order chi connectivity index (χ0) is 16.2. The highest BCUT2D eigenvalue weighted by Gasteiger charge is 2.28. The number of benzene rings is 1. The van der Waals surface area contributed by atoms with E-state index < -0.39 is 6.10 Å². The number of hydrogen-bond acceptors (Lipinski definition) is 5. The molecule has 1 N–H and O–H groups in total. The van der Waals surface area contributed by atoms with E-state index >= 15 is 0 Å². The molecule has 2 aromatic rings. The fraction of sp³-hybridized carbons (Fsp3) is 0.412. The minimum absolute atomic E-state index is 0.175. The Balaban J connectivity index is 1.61. The molecule has 1 fully saturated rings. The number of aliphatic hydroxyl groups is 1. The molecule has 1 aliphatic rings. The van der Waals surface area contributed by atoms with E-state index in [-0.39, 0.29) is 5.91 Å². The van der Waals surface area contributed by atoms with Crippen LogP contribution in [0.5, 0.6) is 0 Å². The Hall–Kier alpha value is -1.79. The maximum atomic E-state index is 12.5. The van der Waals surface area contributed by atoms with Crippen LogP contribution in [-0.2, 0) is 5.75 Å². The Labute approximate surface area is 139 Å². The van der Waals surface area contributed by atoms with Crippen LogP contribution in [0.4, 0.5) is 0 Å². The fourth-order valence-corrected chi connectivity index (χ4v) is 3.55. The molecule has 2 heterocycles. The SMILES string of the molecule is C[C@@H]1C[C@H](O)CN(C(=O)c2coc(SCc3ccccc3)n2)C1. The lowest BCUT2D eigenvalue weighted by Crippen LogP contribution is -2.45. The first-order chi connectivity index (χ1) is 11.1. The van der Waals surface area contributed by atoms with Gasteiger partial charge in [-0.15, -0.1) is 0 Å². The maximum Gasteiger partial charge on any atom is 0.275 e. The first kappa shape index (κ1) is 16.1. The number of aliphatic hydroxyl groups excluding tert-OH is 1. The third-order valence-corrected chi connectivity index (χ3v) is 4.74. The van der Waals surface area contributed by atoms with Gasteiger partial charge >= 0.3 is 0 Å². The molecule has 0 spiro atoms. The highest BCUT2D eigenvalue weighted by atomic mass is 32.2. The average molecular weight is 332 g/mol. The van der Waals surface area contributed by atoms with Gasteiger partial charge in [0, 0.05) is 18.8 Å². The zero-order valence-corrected chi connectivity index (χ0v) is 13.8. The smallest absolute Gasteiger partial charge is 0.275 e. The summed E-state index contributed by atoms with van der Waals surface area (Å²) >= 11 is 1.46. The number of piperidine rings is 1. The van der Waals surface area contributed by atoms with E-state index in [4.69, 9.17) is 4.42 Å². The van der Waals surface area contributed by atoms with Gasteiger partial charge in [-0.1, -0.05) is 49.0 Å². The van der Waals surface area contributed by atoms with Crippen LogP contribution in [-0.4, -0.2) is 40.1 Å². The van der Waals surface area contributed by atoms with Gasteiger partial charge in [-0.05, 0) is 17.9 Å². The van der Waals surface area contributed by atoms with E-state index in [0.29, 0.717) is 29.9 Å². The second kappa shape index (κ2) is 7.19. The van der Waals surface area contributed by atoms with Gasteiger partial charge in [0.1, 0.15) is 6.26 Å². The third-order valence-electron chi connectivity index (χ3n) is 3.83. The number of thioether (sulfide) groups is 1. The van der Waals surface area contributed by atoms with Crippen molar-refractivity contribution in [1.82, 2.24) is 9.88 Å². The fourth-order valence-electron chi connectivity index (χ4n) is 2.79. The second-order valence-corrected chi connectivity index (χ2v) is 6.90. The van der Waals surface area contributed by atoms with E-state index in [9.17, 15) is 9.90 Å². The summed E-state index contributed by atoms with van der Waals surface area (Å²) in [5.41, 5.74) is 1.48. The number of oxazole rings is 1. The van der Waals surface area contributed by atoms with E-state index in [0.717, 1.165) is 12.2 Å². The topological polar surface area (TPSA) is 66.6 Å². The minimum Gasteiger partial charge on any atom is -0.439 e. The van der Waals surface area contributed by atoms with Gasteiger partial charge in [-0.2, -0.15) is 4.98 Å². The Morgan fingerprint density at radius 2 is 2.17 bits per heavy atom. The number of likely N-dealkylation sites (tertiary alicyclic amines) is 1. The average Bonchev–Trinajstić information content (AvgIpc) is 3.01. The maximum absolute atomic E-state index is 12.5. The van der Waals surface area contributed by atoms with Crippen molar-refractivity contribution in [3.63, 3.8) is 0 Å². The quantitative estimate of drug-likeness (QED) is 0.872. The van der Waals surface area contributed by atoms with Crippen LogP contribution >= 0.6 is 11.8 Å². The normalized spacial score (nSPS) is 21.4. The molecule has 6 heteroatoms. The lowest BCUT2D eigenvalue weighted by Gasteiger charge is -2.33. The van der Waals surface area contributed by atoms with Crippen molar-refractivity contribution >= 4 is 17.7 Å². The number of rotatable bonds is 4. The number of nitrogens with zero attached hydrogens (tertiary/aromatic N) is 2. The number of amides is 1. The number of carbonyl (C=O) groups is 1. The first-order valence-corrected chi connectivity index (χ1v) is 8.70. The van der Waals surface area contributed by atoms with E-state index in [1.165, 1.54) is 23.6 Å². The van der Waals surface area contributed by atoms with Crippen LogP contribution in [0, 0.1) is 5.92 Å². The van der Waals surface area contributed by atoms with Crippen LogP contribution in [0.3, 0.4) is 0 Å². The van der Waals surface area contributed by atoms with Crippen molar-refractivity contribution in [3.8, 4) is 0 Å². The molecule has 5 nitrogen and oxygen atoms in total. The van der Waals surface area contributed by atoms with Gasteiger partial charge in [0.05, 0.1) is 6.10 Å². The monoisotopic (exact) mass is 332 g/mol. The van der Waals surface area contributed by atoms with Crippen LogP contribution in [0.1, 0.15) is 29.4 Å². The molecule has 0 aliphatic carbocycles. The Morgan fingerprint density at radius 1 is 1.39 bits per heavy atom. The molecule has 0 bridgehead atoms. The van der Waals surface area contributed by atoms with Gasteiger partial charge in [-0.3, -0.25) is 4.79 Å². The van der Waals surface area contributed by atoms with E-state index in [1.54, 1.807) is 4.90 Å². The molecule has 122 valence electrons. The van der Waals surface area contributed by atoms with E-state index in [1.807, 2.05) is 37.3 Å². The van der Waals surface area contributed by atoms with E-state index in [2.05, 4.69) is 4.98 Å². The zero-order valence-electron chi connectivity index (χ0n) is 13.0. The summed E-state index contributed by atoms with van der Waals surface area (Å²) in [7, 11) is 0. The highest BCUT2D eigenvalue weighted by Crippen LogP contribution is 2.23. The summed E-state index contributed by atoms with van der Waals surface area (Å²) < 4.78 is 5.39. The predicted molar refractivity (Wildman–Crippen MR) is 88.2 cm³/mol. The van der Waals surface area contributed by atoms with Crippen molar-refractivity contribution in [2.75, 3.05) is 13.1 Å². The molecular formula is C17H20N2O3S. The van der Waals surface area contributed by atoms with Crippen molar-refractivity contribution in [1.29, 1.82) is 0 Å². The summed E-state index contributed by atoms with van der Waals surface area (Å²) in [6.07, 6.45) is 1.68. The number of hydrogen-bond donors (Lipinski definition) is 1. The van der Waals surface area contributed by atoms with Crippen LogP contribution in [0.2, 0.25) is 0 Å². The van der Waals surface area contributed by atoms with Crippen LogP contribution in [0.15, 0.2) is 46.2 Å². The summed E-state index contributed by atoms with van der Waals surface area (Å²) in [6.45, 7) is 3.05. The third kappa shape index (κ3) is 4.14. The first-order valence-electron chi connectivity index (χ1n) is 7.71. The molecule has 1 aromatic heterocycles. The minimum atomic E-state index is -0.457. The summed E-state index contributed by atoms with van der Waals surface area (Å²) in [5.74, 6) is 0.862. The number of aromatic nitrogens is 1. The molecule has 2 atom stereocenters. The van der Waals surface area contributed by atoms with Gasteiger partial charge in [-0.25, -0.2) is 0 Å². The van der Waals surface area contributed by atoms with Gasteiger partial charge < -0.3 is 14.4 Å². The molecule has 23 heavy (non-hydrogen) atoms. The lowest BCUT2D eigenvalue weighted by atomic mass is 9.98. The van der Waals surface area contributed by atoms with Gasteiger partial charge in [0.15, 0.2) is 5.69 Å². The van der Waals surface area contributed by atoms with Crippen LogP contribution in [0.25, 0.3) is 0 Å². The molecule has 0 saturated carbocycles. The van der Waals surface area contributed by atoms with Gasteiger partial charge in [0.25, 0.3) is 11.1 Å². The van der Waals surface area contributed by atoms with Crippen molar-refractivity contribution < 1.29 is 14.3 Å². The molecule has 0 radical (unpaired) electrons. The van der Waals surface area contributed by atoms with Crippen molar-refractivity contribution in [2.45, 2.75) is 30.4 Å². The number of carbonyl (C=O) groups excluding carboxylic acids is 1. The Morgan fingerprint density at radius 3 is 2.91 bits per heavy atom. The highest BCUT2D eigenvalue weighted by molar-refractivity contribution is 7.98. The molecule has 3 rings (SSSR count). The summed E-state index contributed by atoms with van der Waals surface area (Å²) in [6, 6.07) is 10.0. The van der Waals surface area contributed by atoms with Crippen molar-refractivity contribution in [3.05, 3.63) is 47.9 Å². The predicted octanol–water partition coefficient (Wildman–Crippen LogP) is 2.81. The molecule has 1 aromatic carbocycles. The molecule has 1 amide bonds. The summed E-state index contributed by atoms with van der Waals surface area (Å²) in [5, 5.41) is 10.3. The lowest BCUT2D eigenvalue weighted by molar-refractivity contribution is 0.0334. The molecule has 1 saturated heterocycles. The van der Waals surface area contributed by atoms with Crippen LogP contribution < -0.4 is 0 Å². The molecule has 1 aliphatic heterocycles. The largest absolute Gasteiger partial charge is 0.439 e. The standard InChI is InChI=1S/C17H20N2O3S/c1-12-7-14(20)9-19(8-12)16(21)15-10-22-17(18-15)23-11-13-5-3-2-4-6-13/h2-6,10,12,14,20H,7-9,11H2,1H3/t12-,14+/m1/s1. The number of β-amino-alcohol motifs (C(OH)–C–C–N with tert-alkyl or cyclic N) is 1. The second-order valence-electron chi connectivity index (χ2n) is 5.98. The molecule has 0 unspecified atom stereocenters. The van der Waals surface area contributed by atoms with Crippen molar-refractivity contribution in [2.24, 2.45) is 5.92 Å². The Bertz CT molecular complexity index is 649. The molecular weight excluding hydrogens is 312 g/mol. The summed E-state index contributed by atoms with van der Waals surface area (Å²) in [4.78, 5) is 18.4. The Kier molecular flexibility index (Phi) is 5.03.